The van der Waals surface area contributed by atoms with Crippen LogP contribution in [0.5, 0.6) is 5.88 Å². The van der Waals surface area contributed by atoms with E-state index in [9.17, 15) is 0 Å². The van der Waals surface area contributed by atoms with E-state index in [2.05, 4.69) is 23.8 Å². The molecular weight excluding hydrogens is 226 g/mol. The largest absolute Gasteiger partial charge is 0.481 e. The summed E-state index contributed by atoms with van der Waals surface area (Å²) in [5, 5.41) is 0. The first kappa shape index (κ1) is 13.3. The summed E-state index contributed by atoms with van der Waals surface area (Å²) in [7, 11) is 1.61. The molecule has 2 N–H and O–H groups in total. The first-order valence-corrected chi connectivity index (χ1v) is 6.73. The van der Waals surface area contributed by atoms with Gasteiger partial charge in [0.05, 0.1) is 18.8 Å². The Morgan fingerprint density at radius 1 is 1.28 bits per heavy atom. The fourth-order valence-electron chi connectivity index (χ4n) is 2.80. The average molecular weight is 249 g/mol. The van der Waals surface area contributed by atoms with Gasteiger partial charge in [0.2, 0.25) is 5.88 Å². The van der Waals surface area contributed by atoms with Crippen molar-refractivity contribution in [1.82, 2.24) is 9.97 Å². The van der Waals surface area contributed by atoms with Crippen LogP contribution < -0.4 is 10.5 Å². The van der Waals surface area contributed by atoms with Gasteiger partial charge in [0, 0.05) is 6.07 Å². The van der Waals surface area contributed by atoms with Crippen molar-refractivity contribution >= 4 is 0 Å². The van der Waals surface area contributed by atoms with Crippen molar-refractivity contribution in [3.8, 4) is 5.88 Å². The molecule has 1 fully saturated rings. The standard InChI is InChI=1S/C14H23N3O/c1-9-4-5-11(6-10(9)2)14(15)12-7-13(18-3)17-8-16-12/h7-11,14H,4-6,15H2,1-3H3. The van der Waals surface area contributed by atoms with Crippen LogP contribution in [0.4, 0.5) is 0 Å². The molecule has 100 valence electrons. The molecule has 2 rings (SSSR count). The molecule has 1 aromatic rings. The van der Waals surface area contributed by atoms with Crippen LogP contribution in [0.2, 0.25) is 0 Å². The molecule has 0 aliphatic heterocycles. The lowest BCUT2D eigenvalue weighted by Gasteiger charge is -2.35. The van der Waals surface area contributed by atoms with Gasteiger partial charge in [-0.1, -0.05) is 20.3 Å². The SMILES string of the molecule is COc1cc(C(N)C2CCC(C)C(C)C2)ncn1. The van der Waals surface area contributed by atoms with Gasteiger partial charge >= 0.3 is 0 Å². The highest BCUT2D eigenvalue weighted by atomic mass is 16.5. The Balaban J connectivity index is 2.08. The third-order valence-corrected chi connectivity index (χ3v) is 4.36. The Hall–Kier alpha value is -1.16. The highest BCUT2D eigenvalue weighted by Gasteiger charge is 2.29. The van der Waals surface area contributed by atoms with Crippen molar-refractivity contribution in [3.63, 3.8) is 0 Å². The van der Waals surface area contributed by atoms with E-state index in [1.165, 1.54) is 25.6 Å². The van der Waals surface area contributed by atoms with E-state index in [0.717, 1.165) is 17.5 Å². The van der Waals surface area contributed by atoms with Crippen LogP contribution in [0.3, 0.4) is 0 Å². The second kappa shape index (κ2) is 5.65. The van der Waals surface area contributed by atoms with Gasteiger partial charge in [-0.25, -0.2) is 9.97 Å². The molecule has 0 spiro atoms. The molecular formula is C14H23N3O. The zero-order valence-electron chi connectivity index (χ0n) is 11.5. The van der Waals surface area contributed by atoms with E-state index in [0.29, 0.717) is 11.8 Å². The molecule has 4 atom stereocenters. The maximum atomic E-state index is 6.36. The van der Waals surface area contributed by atoms with E-state index < -0.39 is 0 Å². The fraction of sp³-hybridized carbons (Fsp3) is 0.714. The van der Waals surface area contributed by atoms with Crippen LogP contribution in [-0.4, -0.2) is 17.1 Å². The molecule has 4 nitrogen and oxygen atoms in total. The summed E-state index contributed by atoms with van der Waals surface area (Å²) >= 11 is 0. The van der Waals surface area contributed by atoms with Crippen molar-refractivity contribution in [2.75, 3.05) is 7.11 Å². The predicted molar refractivity (Wildman–Crippen MR) is 71.2 cm³/mol. The zero-order valence-corrected chi connectivity index (χ0v) is 11.5. The van der Waals surface area contributed by atoms with Gasteiger partial charge in [-0.15, -0.1) is 0 Å². The number of methoxy groups -OCH3 is 1. The van der Waals surface area contributed by atoms with Crippen molar-refractivity contribution in [3.05, 3.63) is 18.1 Å². The van der Waals surface area contributed by atoms with E-state index in [1.807, 2.05) is 6.07 Å². The third-order valence-electron chi connectivity index (χ3n) is 4.36. The smallest absolute Gasteiger partial charge is 0.216 e. The van der Waals surface area contributed by atoms with Crippen LogP contribution >= 0.6 is 0 Å². The Bertz CT molecular complexity index is 396. The van der Waals surface area contributed by atoms with Crippen molar-refractivity contribution < 1.29 is 4.74 Å². The number of ether oxygens (including phenoxy) is 1. The van der Waals surface area contributed by atoms with Gasteiger partial charge in [0.25, 0.3) is 0 Å². The van der Waals surface area contributed by atoms with Crippen molar-refractivity contribution in [2.45, 2.75) is 39.2 Å². The summed E-state index contributed by atoms with van der Waals surface area (Å²) in [6, 6.07) is 1.85. The van der Waals surface area contributed by atoms with Gasteiger partial charge in [0.15, 0.2) is 0 Å². The lowest BCUT2D eigenvalue weighted by Crippen LogP contribution is -2.30. The molecule has 0 bridgehead atoms. The third kappa shape index (κ3) is 2.80. The average Bonchev–Trinajstić information content (AvgIpc) is 2.41. The number of nitrogens with zero attached hydrogens (tertiary/aromatic N) is 2. The second-order valence-electron chi connectivity index (χ2n) is 5.54. The van der Waals surface area contributed by atoms with Crippen molar-refractivity contribution in [1.29, 1.82) is 0 Å². The van der Waals surface area contributed by atoms with Gasteiger partial charge in [-0.3, -0.25) is 0 Å². The maximum Gasteiger partial charge on any atom is 0.216 e. The van der Waals surface area contributed by atoms with Gasteiger partial charge in [-0.2, -0.15) is 0 Å². The topological polar surface area (TPSA) is 61.0 Å². The van der Waals surface area contributed by atoms with Crippen LogP contribution in [0.15, 0.2) is 12.4 Å². The highest BCUT2D eigenvalue weighted by molar-refractivity contribution is 5.17. The number of rotatable bonds is 3. The molecule has 1 heterocycles. The fourth-order valence-corrected chi connectivity index (χ4v) is 2.80. The van der Waals surface area contributed by atoms with E-state index in [1.54, 1.807) is 7.11 Å². The predicted octanol–water partition coefficient (Wildman–Crippen LogP) is 2.56. The molecule has 1 saturated carbocycles. The summed E-state index contributed by atoms with van der Waals surface area (Å²) in [5.41, 5.74) is 7.25. The summed E-state index contributed by atoms with van der Waals surface area (Å²) in [4.78, 5) is 8.31. The molecule has 0 radical (unpaired) electrons. The van der Waals surface area contributed by atoms with E-state index in [4.69, 9.17) is 10.5 Å². The van der Waals surface area contributed by atoms with E-state index in [-0.39, 0.29) is 6.04 Å². The minimum absolute atomic E-state index is 0.00292. The van der Waals surface area contributed by atoms with Gasteiger partial charge in [0.1, 0.15) is 6.33 Å². The first-order chi connectivity index (χ1) is 8.61. The second-order valence-corrected chi connectivity index (χ2v) is 5.54. The molecule has 1 aliphatic carbocycles. The van der Waals surface area contributed by atoms with Gasteiger partial charge in [-0.05, 0) is 30.6 Å². The van der Waals surface area contributed by atoms with Crippen LogP contribution in [0, 0.1) is 17.8 Å². The first-order valence-electron chi connectivity index (χ1n) is 6.73. The Labute approximate surface area is 109 Å². The minimum atomic E-state index is -0.00292. The Morgan fingerprint density at radius 3 is 2.72 bits per heavy atom. The minimum Gasteiger partial charge on any atom is -0.481 e. The molecule has 4 unspecified atom stereocenters. The summed E-state index contributed by atoms with van der Waals surface area (Å²) < 4.78 is 5.12. The maximum absolute atomic E-state index is 6.36. The zero-order chi connectivity index (χ0) is 13.1. The lowest BCUT2D eigenvalue weighted by molar-refractivity contribution is 0.184. The lowest BCUT2D eigenvalue weighted by atomic mass is 9.73. The Morgan fingerprint density at radius 2 is 2.06 bits per heavy atom. The number of nitrogens with two attached hydrogens (primary N) is 1. The highest BCUT2D eigenvalue weighted by Crippen LogP contribution is 2.38. The molecule has 1 aliphatic rings. The number of hydrogen-bond acceptors (Lipinski definition) is 4. The summed E-state index contributed by atoms with van der Waals surface area (Å²) in [6.45, 7) is 4.66. The Kier molecular flexibility index (Phi) is 4.17. The van der Waals surface area contributed by atoms with Crippen LogP contribution in [-0.2, 0) is 0 Å². The summed E-state index contributed by atoms with van der Waals surface area (Å²) in [5.74, 6) is 2.68. The molecule has 0 amide bonds. The normalized spacial score (nSPS) is 29.9. The van der Waals surface area contributed by atoms with Crippen molar-refractivity contribution in [2.24, 2.45) is 23.5 Å². The van der Waals surface area contributed by atoms with Crippen LogP contribution in [0.1, 0.15) is 44.8 Å². The van der Waals surface area contributed by atoms with Crippen LogP contribution in [0.25, 0.3) is 0 Å². The number of aromatic nitrogens is 2. The molecule has 1 aromatic heterocycles. The number of hydrogen-bond donors (Lipinski definition) is 1. The van der Waals surface area contributed by atoms with Gasteiger partial charge < -0.3 is 10.5 Å². The van der Waals surface area contributed by atoms with E-state index >= 15 is 0 Å². The molecule has 0 saturated heterocycles. The molecule has 18 heavy (non-hydrogen) atoms. The monoisotopic (exact) mass is 249 g/mol. The molecule has 0 aromatic carbocycles. The quantitative estimate of drug-likeness (QED) is 0.894. The summed E-state index contributed by atoms with van der Waals surface area (Å²) in [6.07, 6.45) is 5.18. The molecule has 4 heteroatoms.